The van der Waals surface area contributed by atoms with Gasteiger partial charge < -0.3 is 15.8 Å². The number of nitrogen functional groups attached to an aromatic ring is 1. The lowest BCUT2D eigenvalue weighted by Gasteiger charge is -2.14. The van der Waals surface area contributed by atoms with E-state index >= 15 is 0 Å². The van der Waals surface area contributed by atoms with E-state index in [0.717, 1.165) is 25.0 Å². The Morgan fingerprint density at radius 1 is 1.03 bits per heavy atom. The van der Waals surface area contributed by atoms with Crippen molar-refractivity contribution < 1.29 is 22.7 Å². The minimum Gasteiger partial charge on any atom is -0.494 e. The molecule has 3 N–H and O–H groups in total. The number of ether oxygens (including phenoxy) is 1. The monoisotopic (exact) mass is 428 g/mol. The summed E-state index contributed by atoms with van der Waals surface area (Å²) in [4.78, 5) is 12.9. The zero-order valence-electron chi connectivity index (χ0n) is 17.0. The molecule has 7 heteroatoms. The first kappa shape index (κ1) is 22.2. The summed E-state index contributed by atoms with van der Waals surface area (Å²) in [5, 5.41) is 2.77. The van der Waals surface area contributed by atoms with Gasteiger partial charge in [-0.15, -0.1) is 0 Å². The number of nitrogens with two attached hydrogens (primary N) is 1. The number of alkyl halides is 3. The van der Waals surface area contributed by atoms with Gasteiger partial charge in [-0.1, -0.05) is 43.7 Å². The van der Waals surface area contributed by atoms with Crippen molar-refractivity contribution in [1.82, 2.24) is 0 Å². The summed E-state index contributed by atoms with van der Waals surface area (Å²) in [5.74, 6) is 0.205. The van der Waals surface area contributed by atoms with Gasteiger partial charge in [0.1, 0.15) is 5.75 Å². The van der Waals surface area contributed by atoms with E-state index in [9.17, 15) is 18.0 Å². The number of halogens is 3. The van der Waals surface area contributed by atoms with Crippen LogP contribution in [0.4, 0.5) is 24.5 Å². The first-order valence-electron chi connectivity index (χ1n) is 9.90. The number of hydrogen-bond donors (Lipinski definition) is 2. The molecule has 1 amide bonds. The predicted octanol–water partition coefficient (Wildman–Crippen LogP) is 6.39. The standard InChI is InChI=1S/C24H23F3N2O2/c1-2-3-14-31-18-12-13-22(21(28)15-18)29-23(30)20-7-5-4-6-19(20)16-8-10-17(11-9-16)24(25,26)27/h4-13,15H,2-3,14,28H2,1H3,(H,29,30). The molecule has 0 aliphatic heterocycles. The molecular formula is C24H23F3N2O2. The zero-order chi connectivity index (χ0) is 22.4. The Balaban J connectivity index is 1.80. The number of carbonyl (C=O) groups excluding carboxylic acids is 1. The molecule has 3 aromatic carbocycles. The fourth-order valence-electron chi connectivity index (χ4n) is 3.04. The number of hydrogen-bond acceptors (Lipinski definition) is 3. The van der Waals surface area contributed by atoms with Gasteiger partial charge in [0.25, 0.3) is 5.91 Å². The average Bonchev–Trinajstić information content (AvgIpc) is 2.75. The van der Waals surface area contributed by atoms with Gasteiger partial charge in [-0.3, -0.25) is 4.79 Å². The Hall–Kier alpha value is -3.48. The first-order valence-corrected chi connectivity index (χ1v) is 9.90. The van der Waals surface area contributed by atoms with E-state index in [1.807, 2.05) is 0 Å². The molecule has 0 saturated carbocycles. The van der Waals surface area contributed by atoms with E-state index in [4.69, 9.17) is 10.5 Å². The molecule has 31 heavy (non-hydrogen) atoms. The number of benzene rings is 3. The maximum atomic E-state index is 12.9. The minimum absolute atomic E-state index is 0.324. The van der Waals surface area contributed by atoms with Gasteiger partial charge in [0, 0.05) is 11.6 Å². The third kappa shape index (κ3) is 5.57. The second-order valence-corrected chi connectivity index (χ2v) is 7.03. The number of anilines is 2. The lowest BCUT2D eigenvalue weighted by molar-refractivity contribution is -0.137. The zero-order valence-corrected chi connectivity index (χ0v) is 17.0. The van der Waals surface area contributed by atoms with Crippen LogP contribution in [-0.4, -0.2) is 12.5 Å². The topological polar surface area (TPSA) is 64.3 Å². The van der Waals surface area contributed by atoms with Crippen LogP contribution in [0.15, 0.2) is 66.7 Å². The molecule has 0 heterocycles. The summed E-state index contributed by atoms with van der Waals surface area (Å²) in [6.45, 7) is 2.65. The number of unbranched alkanes of at least 4 members (excludes halogenated alkanes) is 1. The largest absolute Gasteiger partial charge is 0.494 e. The molecule has 0 aliphatic rings. The average molecular weight is 428 g/mol. The van der Waals surface area contributed by atoms with Crippen LogP contribution in [0.5, 0.6) is 5.75 Å². The molecule has 0 unspecified atom stereocenters. The normalized spacial score (nSPS) is 11.2. The van der Waals surface area contributed by atoms with Crippen molar-refractivity contribution in [3.63, 3.8) is 0 Å². The van der Waals surface area contributed by atoms with Crippen molar-refractivity contribution >= 4 is 17.3 Å². The summed E-state index contributed by atoms with van der Waals surface area (Å²) in [5.41, 5.74) is 7.45. The van der Waals surface area contributed by atoms with E-state index < -0.39 is 17.6 Å². The number of nitrogens with one attached hydrogen (secondary N) is 1. The van der Waals surface area contributed by atoms with Gasteiger partial charge in [-0.25, -0.2) is 0 Å². The molecule has 0 aromatic heterocycles. The molecule has 4 nitrogen and oxygen atoms in total. The second-order valence-electron chi connectivity index (χ2n) is 7.03. The highest BCUT2D eigenvalue weighted by molar-refractivity contribution is 6.09. The fraction of sp³-hybridized carbons (Fsp3) is 0.208. The first-order chi connectivity index (χ1) is 14.8. The van der Waals surface area contributed by atoms with Crippen molar-refractivity contribution in [2.45, 2.75) is 25.9 Å². The fourth-order valence-corrected chi connectivity index (χ4v) is 3.04. The van der Waals surface area contributed by atoms with Crippen LogP contribution >= 0.6 is 0 Å². The van der Waals surface area contributed by atoms with Crippen molar-refractivity contribution in [3.05, 3.63) is 77.9 Å². The Labute approximate surface area is 178 Å². The molecule has 3 rings (SSSR count). The third-order valence-electron chi connectivity index (χ3n) is 4.73. The molecule has 0 fully saturated rings. The van der Waals surface area contributed by atoms with E-state index in [1.165, 1.54) is 12.1 Å². The predicted molar refractivity (Wildman–Crippen MR) is 116 cm³/mol. The summed E-state index contributed by atoms with van der Waals surface area (Å²) >= 11 is 0. The molecule has 0 atom stereocenters. The van der Waals surface area contributed by atoms with Crippen LogP contribution in [0.3, 0.4) is 0 Å². The van der Waals surface area contributed by atoms with Crippen LogP contribution in [0.25, 0.3) is 11.1 Å². The number of amides is 1. The maximum absolute atomic E-state index is 12.9. The quantitative estimate of drug-likeness (QED) is 0.339. The van der Waals surface area contributed by atoms with Gasteiger partial charge >= 0.3 is 6.18 Å². The van der Waals surface area contributed by atoms with Gasteiger partial charge in [-0.2, -0.15) is 13.2 Å². The van der Waals surface area contributed by atoms with Gasteiger partial charge in [-0.05, 0) is 47.9 Å². The summed E-state index contributed by atoms with van der Waals surface area (Å²) in [6.07, 6.45) is -2.47. The summed E-state index contributed by atoms with van der Waals surface area (Å²) < 4.78 is 44.1. The van der Waals surface area contributed by atoms with E-state index in [2.05, 4.69) is 12.2 Å². The van der Waals surface area contributed by atoms with Crippen LogP contribution in [0.1, 0.15) is 35.7 Å². The SMILES string of the molecule is CCCCOc1ccc(NC(=O)c2ccccc2-c2ccc(C(F)(F)F)cc2)c(N)c1. The molecule has 0 saturated heterocycles. The summed E-state index contributed by atoms with van der Waals surface area (Å²) in [7, 11) is 0. The maximum Gasteiger partial charge on any atom is 0.416 e. The summed E-state index contributed by atoms with van der Waals surface area (Å²) in [6, 6.07) is 16.4. The van der Waals surface area contributed by atoms with Crippen molar-refractivity contribution in [2.24, 2.45) is 0 Å². The van der Waals surface area contributed by atoms with E-state index in [0.29, 0.717) is 40.4 Å². The van der Waals surface area contributed by atoms with Gasteiger partial charge in [0.2, 0.25) is 0 Å². The van der Waals surface area contributed by atoms with Gasteiger partial charge in [0.15, 0.2) is 0 Å². The van der Waals surface area contributed by atoms with Crippen LogP contribution in [0, 0.1) is 0 Å². The minimum atomic E-state index is -4.42. The highest BCUT2D eigenvalue weighted by Gasteiger charge is 2.30. The molecule has 162 valence electrons. The third-order valence-corrected chi connectivity index (χ3v) is 4.73. The lowest BCUT2D eigenvalue weighted by Crippen LogP contribution is -2.14. The van der Waals surface area contributed by atoms with E-state index in [-0.39, 0.29) is 0 Å². The smallest absolute Gasteiger partial charge is 0.416 e. The van der Waals surface area contributed by atoms with Crippen LogP contribution in [0.2, 0.25) is 0 Å². The van der Waals surface area contributed by atoms with Crippen LogP contribution < -0.4 is 15.8 Å². The Morgan fingerprint density at radius 2 is 1.74 bits per heavy atom. The Bertz CT molecular complexity index is 1050. The highest BCUT2D eigenvalue weighted by atomic mass is 19.4. The van der Waals surface area contributed by atoms with Gasteiger partial charge in [0.05, 0.1) is 23.5 Å². The number of carbonyl (C=O) groups is 1. The molecule has 0 spiro atoms. The Kier molecular flexibility index (Phi) is 6.84. The molecular weight excluding hydrogens is 405 g/mol. The molecule has 0 bridgehead atoms. The van der Waals surface area contributed by atoms with Crippen molar-refractivity contribution in [2.75, 3.05) is 17.7 Å². The highest BCUT2D eigenvalue weighted by Crippen LogP contribution is 2.32. The lowest BCUT2D eigenvalue weighted by atomic mass is 9.98. The van der Waals surface area contributed by atoms with Crippen molar-refractivity contribution in [3.8, 4) is 16.9 Å². The molecule has 0 radical (unpaired) electrons. The number of rotatable bonds is 7. The van der Waals surface area contributed by atoms with E-state index in [1.54, 1.807) is 42.5 Å². The van der Waals surface area contributed by atoms with Crippen molar-refractivity contribution in [1.29, 1.82) is 0 Å². The van der Waals surface area contributed by atoms with Crippen LogP contribution in [-0.2, 0) is 6.18 Å². The second kappa shape index (κ2) is 9.55. The molecule has 3 aromatic rings. The molecule has 0 aliphatic carbocycles. The Morgan fingerprint density at radius 3 is 2.39 bits per heavy atom.